The molecule has 17 heavy (non-hydrogen) atoms. The lowest BCUT2D eigenvalue weighted by atomic mass is 9.97. The molecule has 1 atom stereocenters. The van der Waals surface area contributed by atoms with Crippen LogP contribution in [0.5, 0.6) is 0 Å². The normalized spacial score (nSPS) is 18.5. The summed E-state index contributed by atoms with van der Waals surface area (Å²) in [6.45, 7) is 0. The molecule has 94 valence electrons. The zero-order valence-electron chi connectivity index (χ0n) is 9.76. The molecule has 0 nitrogen and oxygen atoms in total. The van der Waals surface area contributed by atoms with Crippen molar-refractivity contribution in [3.63, 3.8) is 0 Å². The molecule has 1 aliphatic carbocycles. The molecule has 0 N–H and O–H groups in total. The number of hydrogen-bond acceptors (Lipinski definition) is 0. The summed E-state index contributed by atoms with van der Waals surface area (Å²) in [4.78, 5) is 0. The second-order valence-electron chi connectivity index (χ2n) is 4.90. The second kappa shape index (κ2) is 5.81. The zero-order valence-corrected chi connectivity index (χ0v) is 10.5. The van der Waals surface area contributed by atoms with Gasteiger partial charge in [-0.05, 0) is 30.4 Å². The Bertz CT molecular complexity index is 372. The number of hydrogen-bond donors (Lipinski definition) is 0. The average Bonchev–Trinajstić information content (AvgIpc) is 2.77. The van der Waals surface area contributed by atoms with E-state index in [4.69, 9.17) is 11.6 Å². The molecule has 1 saturated carbocycles. The number of alkyl halides is 1. The first-order chi connectivity index (χ1) is 8.16. The Hall–Kier alpha value is -0.630. The molecule has 3 heteroatoms. The number of rotatable bonds is 4. The lowest BCUT2D eigenvalue weighted by Crippen LogP contribution is -2.10. The molecule has 0 aromatic heterocycles. The van der Waals surface area contributed by atoms with E-state index < -0.39 is 11.6 Å². The van der Waals surface area contributed by atoms with Crippen molar-refractivity contribution in [2.24, 2.45) is 5.92 Å². The summed E-state index contributed by atoms with van der Waals surface area (Å²) in [6.07, 6.45) is 6.36. The fraction of sp³-hybridized carbons (Fsp3) is 0.571. The first-order valence-electron chi connectivity index (χ1n) is 6.23. The molecule has 0 saturated heterocycles. The van der Waals surface area contributed by atoms with Gasteiger partial charge in [-0.15, -0.1) is 11.6 Å². The molecular weight excluding hydrogens is 242 g/mol. The quantitative estimate of drug-likeness (QED) is 0.687. The van der Waals surface area contributed by atoms with Gasteiger partial charge in [-0.2, -0.15) is 0 Å². The standard InChI is InChI=1S/C14H17ClF2/c15-12(8-10-4-1-2-5-10)9-11-6-3-7-13(16)14(11)17/h3,6-7,10,12H,1-2,4-5,8-9H2. The third-order valence-electron chi connectivity index (χ3n) is 3.54. The molecule has 1 aliphatic rings. The lowest BCUT2D eigenvalue weighted by Gasteiger charge is -2.14. The summed E-state index contributed by atoms with van der Waals surface area (Å²) in [5.41, 5.74) is 0.392. The Morgan fingerprint density at radius 1 is 1.24 bits per heavy atom. The highest BCUT2D eigenvalue weighted by molar-refractivity contribution is 6.20. The van der Waals surface area contributed by atoms with Crippen molar-refractivity contribution >= 4 is 11.6 Å². The second-order valence-corrected chi connectivity index (χ2v) is 5.52. The van der Waals surface area contributed by atoms with Crippen LogP contribution in [0.4, 0.5) is 8.78 Å². The van der Waals surface area contributed by atoms with Crippen LogP contribution in [0.3, 0.4) is 0 Å². The summed E-state index contributed by atoms with van der Waals surface area (Å²) >= 11 is 6.23. The first-order valence-corrected chi connectivity index (χ1v) is 6.67. The van der Waals surface area contributed by atoms with Crippen LogP contribution in [0.25, 0.3) is 0 Å². The minimum atomic E-state index is -0.785. The molecule has 0 aliphatic heterocycles. The van der Waals surface area contributed by atoms with Crippen LogP contribution >= 0.6 is 11.6 Å². The lowest BCUT2D eigenvalue weighted by molar-refractivity contribution is 0.472. The maximum Gasteiger partial charge on any atom is 0.162 e. The fourth-order valence-electron chi connectivity index (χ4n) is 2.64. The number of benzene rings is 1. The van der Waals surface area contributed by atoms with E-state index in [-0.39, 0.29) is 5.38 Å². The molecule has 1 unspecified atom stereocenters. The largest absolute Gasteiger partial charge is 0.204 e. The highest BCUT2D eigenvalue weighted by Crippen LogP contribution is 2.31. The Morgan fingerprint density at radius 3 is 2.65 bits per heavy atom. The van der Waals surface area contributed by atoms with Crippen molar-refractivity contribution in [1.29, 1.82) is 0 Å². The molecule has 1 fully saturated rings. The molecule has 1 aromatic rings. The Morgan fingerprint density at radius 2 is 1.94 bits per heavy atom. The maximum atomic E-state index is 13.4. The van der Waals surface area contributed by atoms with Gasteiger partial charge in [0.15, 0.2) is 11.6 Å². The van der Waals surface area contributed by atoms with Crippen LogP contribution < -0.4 is 0 Å². The van der Waals surface area contributed by atoms with Gasteiger partial charge in [0.2, 0.25) is 0 Å². The average molecular weight is 259 g/mol. The van der Waals surface area contributed by atoms with Gasteiger partial charge in [-0.25, -0.2) is 8.78 Å². The van der Waals surface area contributed by atoms with Crippen LogP contribution in [-0.2, 0) is 6.42 Å². The molecule has 0 bridgehead atoms. The van der Waals surface area contributed by atoms with Crippen molar-refractivity contribution in [3.05, 3.63) is 35.4 Å². The summed E-state index contributed by atoms with van der Waals surface area (Å²) in [5.74, 6) is -0.856. The summed E-state index contributed by atoms with van der Waals surface area (Å²) < 4.78 is 26.5. The monoisotopic (exact) mass is 258 g/mol. The van der Waals surface area contributed by atoms with Gasteiger partial charge in [0.05, 0.1) is 0 Å². The van der Waals surface area contributed by atoms with Crippen molar-refractivity contribution in [2.45, 2.75) is 43.9 Å². The molecular formula is C14H17ClF2. The smallest absolute Gasteiger partial charge is 0.162 e. The Balaban J connectivity index is 1.93. The van der Waals surface area contributed by atoms with Crippen molar-refractivity contribution < 1.29 is 8.78 Å². The maximum absolute atomic E-state index is 13.4. The van der Waals surface area contributed by atoms with E-state index in [1.807, 2.05) is 0 Å². The number of halogens is 3. The van der Waals surface area contributed by atoms with Gasteiger partial charge < -0.3 is 0 Å². The van der Waals surface area contributed by atoms with Gasteiger partial charge in [0, 0.05) is 5.38 Å². The van der Waals surface area contributed by atoms with Gasteiger partial charge in [-0.3, -0.25) is 0 Å². The van der Waals surface area contributed by atoms with Crippen LogP contribution in [0.15, 0.2) is 18.2 Å². The molecule has 2 rings (SSSR count). The van der Waals surface area contributed by atoms with Crippen LogP contribution in [0.2, 0.25) is 0 Å². The minimum Gasteiger partial charge on any atom is -0.204 e. The van der Waals surface area contributed by atoms with Gasteiger partial charge >= 0.3 is 0 Å². The highest BCUT2D eigenvalue weighted by Gasteiger charge is 2.20. The Kier molecular flexibility index (Phi) is 4.38. The van der Waals surface area contributed by atoms with Gasteiger partial charge in [0.25, 0.3) is 0 Å². The van der Waals surface area contributed by atoms with Gasteiger partial charge in [-0.1, -0.05) is 37.8 Å². The van der Waals surface area contributed by atoms with E-state index in [0.717, 1.165) is 12.5 Å². The van der Waals surface area contributed by atoms with Crippen LogP contribution in [0, 0.1) is 17.6 Å². The predicted molar refractivity (Wildman–Crippen MR) is 66.3 cm³/mol. The first kappa shape index (κ1) is 12.8. The van der Waals surface area contributed by atoms with Crippen molar-refractivity contribution in [1.82, 2.24) is 0 Å². The van der Waals surface area contributed by atoms with E-state index in [9.17, 15) is 8.78 Å². The fourth-order valence-corrected chi connectivity index (χ4v) is 3.05. The zero-order chi connectivity index (χ0) is 12.3. The van der Waals surface area contributed by atoms with E-state index in [1.165, 1.54) is 31.7 Å². The van der Waals surface area contributed by atoms with Crippen LogP contribution in [-0.4, -0.2) is 5.38 Å². The van der Waals surface area contributed by atoms with E-state index in [0.29, 0.717) is 17.9 Å². The Labute approximate surface area is 106 Å². The summed E-state index contributed by atoms with van der Waals surface area (Å²) in [7, 11) is 0. The third-order valence-corrected chi connectivity index (χ3v) is 3.87. The highest BCUT2D eigenvalue weighted by atomic mass is 35.5. The summed E-state index contributed by atoms with van der Waals surface area (Å²) in [6, 6.07) is 4.29. The van der Waals surface area contributed by atoms with Gasteiger partial charge in [0.1, 0.15) is 0 Å². The molecule has 0 amide bonds. The van der Waals surface area contributed by atoms with E-state index in [1.54, 1.807) is 6.07 Å². The third kappa shape index (κ3) is 3.41. The molecule has 0 radical (unpaired) electrons. The van der Waals surface area contributed by atoms with E-state index in [2.05, 4.69) is 0 Å². The molecule has 0 spiro atoms. The minimum absolute atomic E-state index is 0.0885. The summed E-state index contributed by atoms with van der Waals surface area (Å²) in [5, 5.41) is -0.0885. The SMILES string of the molecule is Fc1cccc(CC(Cl)CC2CCCC2)c1F. The topological polar surface area (TPSA) is 0 Å². The van der Waals surface area contributed by atoms with E-state index >= 15 is 0 Å². The molecule has 1 aromatic carbocycles. The molecule has 0 heterocycles. The van der Waals surface area contributed by atoms with Crippen molar-refractivity contribution in [2.75, 3.05) is 0 Å². The predicted octanol–water partition coefficient (Wildman–Crippen LogP) is 4.70. The van der Waals surface area contributed by atoms with Crippen molar-refractivity contribution in [3.8, 4) is 0 Å². The van der Waals surface area contributed by atoms with Crippen LogP contribution in [0.1, 0.15) is 37.7 Å².